The molecule has 0 atom stereocenters. The lowest BCUT2D eigenvalue weighted by Crippen LogP contribution is -2.38. The molecule has 8 rings (SSSR count). The Kier molecular flexibility index (Phi) is 13.9. The van der Waals surface area contributed by atoms with Crippen LogP contribution in [0.5, 0.6) is 0 Å². The summed E-state index contributed by atoms with van der Waals surface area (Å²) in [6.07, 6.45) is 0. The van der Waals surface area contributed by atoms with Crippen LogP contribution in [0.25, 0.3) is 0 Å². The van der Waals surface area contributed by atoms with E-state index in [1.807, 2.05) is 0 Å². The highest BCUT2D eigenvalue weighted by Crippen LogP contribution is 2.55. The smallest absolute Gasteiger partial charge is 0.208 e. The molecule has 0 aromatic heterocycles. The van der Waals surface area contributed by atoms with Crippen LogP contribution in [0.4, 0.5) is 0 Å². The molecule has 0 aliphatic rings. The molecule has 0 unspecified atom stereocenters. The van der Waals surface area contributed by atoms with Crippen molar-refractivity contribution in [3.63, 3.8) is 0 Å². The van der Waals surface area contributed by atoms with E-state index in [-0.39, 0.29) is 0 Å². The van der Waals surface area contributed by atoms with E-state index >= 15 is 0 Å². The van der Waals surface area contributed by atoms with Crippen LogP contribution >= 0.6 is 14.5 Å². The SMILES string of the molecule is O=S(=O)([O-])O[O-].c1ccc([P+](c2ccccc2)(c2ccccc2)c2ccccc2)cc1.c1ccc([P+](c2ccccc2)(c2ccccc2)c2ccccc2)cc1. The van der Waals surface area contributed by atoms with Gasteiger partial charge in [-0.05, 0) is 97.1 Å². The third-order valence-electron chi connectivity index (χ3n) is 9.23. The Hall–Kier alpha value is -5.55. The number of benzene rings is 8. The van der Waals surface area contributed by atoms with Gasteiger partial charge in [0.1, 0.15) is 57.0 Å². The van der Waals surface area contributed by atoms with E-state index in [9.17, 15) is 0 Å². The molecule has 0 N–H and O–H groups in total. The molecule has 56 heavy (non-hydrogen) atoms. The lowest BCUT2D eigenvalue weighted by atomic mass is 10.3. The van der Waals surface area contributed by atoms with E-state index in [1.165, 1.54) is 42.4 Å². The van der Waals surface area contributed by atoms with Crippen molar-refractivity contribution in [2.24, 2.45) is 0 Å². The maximum absolute atomic E-state index is 8.91. The van der Waals surface area contributed by atoms with Crippen LogP contribution in [-0.4, -0.2) is 13.0 Å². The molecule has 8 heteroatoms. The van der Waals surface area contributed by atoms with Gasteiger partial charge in [0, 0.05) is 0 Å². The summed E-state index contributed by atoms with van der Waals surface area (Å²) in [6.45, 7) is 0. The van der Waals surface area contributed by atoms with E-state index in [0.29, 0.717) is 0 Å². The largest absolute Gasteiger partial charge is 0.726 e. The first kappa shape index (κ1) is 40.1. The summed E-state index contributed by atoms with van der Waals surface area (Å²) in [7, 11) is -8.78. The third-order valence-corrected chi connectivity index (χ3v) is 18.0. The van der Waals surface area contributed by atoms with Crippen LogP contribution in [0.2, 0.25) is 0 Å². The van der Waals surface area contributed by atoms with Gasteiger partial charge in [-0.3, -0.25) is 0 Å². The minimum absolute atomic E-state index is 1.39. The molecule has 0 heterocycles. The van der Waals surface area contributed by atoms with E-state index in [4.69, 9.17) is 18.2 Å². The second-order valence-electron chi connectivity index (χ2n) is 12.5. The van der Waals surface area contributed by atoms with Crippen LogP contribution in [-0.2, 0) is 14.7 Å². The molecule has 0 radical (unpaired) electrons. The second-order valence-corrected chi connectivity index (χ2v) is 20.3. The van der Waals surface area contributed by atoms with Crippen molar-refractivity contribution in [2.75, 3.05) is 0 Å². The molecule has 8 aromatic carbocycles. The Labute approximate surface area is 331 Å². The van der Waals surface area contributed by atoms with Gasteiger partial charge in [-0.15, -0.1) is 0 Å². The van der Waals surface area contributed by atoms with Gasteiger partial charge in [0.25, 0.3) is 0 Å². The molecule has 0 aliphatic carbocycles. The predicted molar refractivity (Wildman–Crippen MR) is 233 cm³/mol. The van der Waals surface area contributed by atoms with Gasteiger partial charge in [0.2, 0.25) is 10.4 Å². The summed E-state index contributed by atoms with van der Waals surface area (Å²) in [6, 6.07) is 87.7. The number of hydrogen-bond donors (Lipinski definition) is 0. The molecule has 278 valence electrons. The topological polar surface area (TPSA) is 89.5 Å². The van der Waals surface area contributed by atoms with Crippen molar-refractivity contribution in [1.82, 2.24) is 0 Å². The Balaban J connectivity index is 0.000000166. The molecular formula is C48H40O5P2S. The molecule has 0 saturated heterocycles. The minimum atomic E-state index is -4.97. The average Bonchev–Trinajstić information content (AvgIpc) is 3.28. The van der Waals surface area contributed by atoms with Crippen LogP contribution in [0.3, 0.4) is 0 Å². The monoisotopic (exact) mass is 790 g/mol. The third kappa shape index (κ3) is 9.11. The fraction of sp³-hybridized carbons (Fsp3) is 0. The van der Waals surface area contributed by atoms with Gasteiger partial charge in [-0.25, -0.2) is 8.42 Å². The fourth-order valence-electron chi connectivity index (χ4n) is 7.00. The van der Waals surface area contributed by atoms with Gasteiger partial charge < -0.3 is 14.1 Å². The van der Waals surface area contributed by atoms with Crippen molar-refractivity contribution >= 4 is 67.4 Å². The molecule has 0 fully saturated rings. The maximum atomic E-state index is 8.91. The lowest BCUT2D eigenvalue weighted by Gasteiger charge is -2.27. The molecule has 0 spiro atoms. The summed E-state index contributed by atoms with van der Waals surface area (Å²) in [5, 5.41) is 19.7. The van der Waals surface area contributed by atoms with E-state index in [0.717, 1.165) is 0 Å². The number of hydrogen-bond acceptors (Lipinski definition) is 5. The predicted octanol–water partition coefficient (Wildman–Crippen LogP) is 6.35. The van der Waals surface area contributed by atoms with E-state index in [1.54, 1.807) is 0 Å². The Morgan fingerprint density at radius 3 is 0.482 bits per heavy atom. The summed E-state index contributed by atoms with van der Waals surface area (Å²) >= 11 is 0. The Bertz CT molecular complexity index is 1960. The van der Waals surface area contributed by atoms with Gasteiger partial charge in [-0.2, -0.15) is 0 Å². The van der Waals surface area contributed by atoms with Gasteiger partial charge in [0.05, 0.1) is 0 Å². The van der Waals surface area contributed by atoms with Gasteiger partial charge in [-0.1, -0.05) is 146 Å². The summed E-state index contributed by atoms with van der Waals surface area (Å²) < 4.78 is 28.8. The maximum Gasteiger partial charge on any atom is 0.208 e. The number of rotatable bonds is 9. The van der Waals surface area contributed by atoms with Crippen LogP contribution in [0.1, 0.15) is 0 Å². The Morgan fingerprint density at radius 2 is 0.393 bits per heavy atom. The first-order valence-corrected chi connectivity index (χ1v) is 22.8. The molecule has 8 aromatic rings. The van der Waals surface area contributed by atoms with E-state index in [2.05, 4.69) is 247 Å². The Morgan fingerprint density at radius 1 is 0.286 bits per heavy atom. The molecule has 5 nitrogen and oxygen atoms in total. The second kappa shape index (κ2) is 19.4. The van der Waals surface area contributed by atoms with Crippen LogP contribution in [0.15, 0.2) is 243 Å². The van der Waals surface area contributed by atoms with Gasteiger partial charge >= 0.3 is 0 Å². The summed E-state index contributed by atoms with van der Waals surface area (Å²) in [5.41, 5.74) is 0. The zero-order valence-electron chi connectivity index (χ0n) is 30.4. The van der Waals surface area contributed by atoms with Crippen molar-refractivity contribution in [3.05, 3.63) is 243 Å². The molecular weight excluding hydrogens is 751 g/mol. The molecule has 0 bridgehead atoms. The first-order chi connectivity index (χ1) is 27.4. The van der Waals surface area contributed by atoms with Crippen LogP contribution in [0, 0.1) is 0 Å². The quantitative estimate of drug-likeness (QED) is 0.0560. The van der Waals surface area contributed by atoms with Crippen LogP contribution < -0.4 is 47.7 Å². The first-order valence-electron chi connectivity index (χ1n) is 17.9. The standard InChI is InChI=1S/2C24H20P.H2O5S/c2*1-5-13-21(14-6-1)25(22-15-7-2-8-16-22,23-17-9-3-10-18-23)24-19-11-4-12-20-24;1-5-6(2,3)4/h2*1-20H;1H,(H,2,3,4)/q2*+1;/p-2. The molecule has 0 amide bonds. The van der Waals surface area contributed by atoms with Crippen molar-refractivity contribution in [3.8, 4) is 0 Å². The molecule has 0 aliphatic heterocycles. The fourth-order valence-corrected chi connectivity index (χ4v) is 15.5. The van der Waals surface area contributed by atoms with Crippen molar-refractivity contribution in [1.29, 1.82) is 0 Å². The van der Waals surface area contributed by atoms with Gasteiger partial charge in [0.15, 0.2) is 0 Å². The van der Waals surface area contributed by atoms with Crippen molar-refractivity contribution < 1.29 is 22.6 Å². The lowest BCUT2D eigenvalue weighted by molar-refractivity contribution is -0.637. The normalized spacial score (nSPS) is 11.2. The minimum Gasteiger partial charge on any atom is -0.726 e. The average molecular weight is 791 g/mol. The summed E-state index contributed by atoms with van der Waals surface area (Å²) in [4.78, 5) is 0. The summed E-state index contributed by atoms with van der Waals surface area (Å²) in [5.74, 6) is 0. The highest BCUT2D eigenvalue weighted by Gasteiger charge is 2.48. The van der Waals surface area contributed by atoms with Crippen molar-refractivity contribution in [2.45, 2.75) is 0 Å². The highest BCUT2D eigenvalue weighted by molar-refractivity contribution is 8.02. The zero-order valence-corrected chi connectivity index (χ0v) is 33.0. The molecule has 0 saturated carbocycles. The zero-order chi connectivity index (χ0) is 39.1. The highest BCUT2D eigenvalue weighted by atomic mass is 32.3. The van der Waals surface area contributed by atoms with E-state index < -0.39 is 24.9 Å².